The second kappa shape index (κ2) is 5.47. The van der Waals surface area contributed by atoms with Gasteiger partial charge >= 0.3 is 0 Å². The van der Waals surface area contributed by atoms with E-state index in [0.717, 1.165) is 5.56 Å². The molecule has 0 atom stereocenters. The molecule has 5 heteroatoms. The third-order valence-corrected chi connectivity index (χ3v) is 2.03. The number of hydrazone groups is 1. The first-order chi connectivity index (χ1) is 6.77. The van der Waals surface area contributed by atoms with Crippen LogP contribution in [0.2, 0.25) is 0 Å². The minimum Gasteiger partial charge on any atom is -0.321 e. The van der Waals surface area contributed by atoms with Gasteiger partial charge in [0, 0.05) is 0 Å². The molecule has 14 heavy (non-hydrogen) atoms. The van der Waals surface area contributed by atoms with E-state index < -0.39 is 0 Å². The number of benzene rings is 1. The summed E-state index contributed by atoms with van der Waals surface area (Å²) in [4.78, 5) is 0. The van der Waals surface area contributed by atoms with Crippen LogP contribution in [0.15, 0.2) is 35.4 Å². The van der Waals surface area contributed by atoms with E-state index in [9.17, 15) is 0 Å². The maximum atomic E-state index is 5.71. The zero-order chi connectivity index (χ0) is 10.4. The van der Waals surface area contributed by atoms with Gasteiger partial charge in [0.15, 0.2) is 5.84 Å². The number of nitrogens with zero attached hydrogens (tertiary/aromatic N) is 2. The first-order valence-corrected chi connectivity index (χ1v) is 4.70. The lowest BCUT2D eigenvalue weighted by Gasteiger charge is -2.18. The maximum absolute atomic E-state index is 5.71. The molecule has 0 aromatic heterocycles. The molecule has 0 unspecified atom stereocenters. The van der Waals surface area contributed by atoms with Crippen molar-refractivity contribution in [2.45, 2.75) is 6.54 Å². The predicted molar refractivity (Wildman–Crippen MR) is 58.5 cm³/mol. The van der Waals surface area contributed by atoms with Crippen molar-refractivity contribution in [2.24, 2.45) is 16.8 Å². The Balaban J connectivity index is 2.61. The third kappa shape index (κ3) is 2.90. The molecule has 0 radical (unpaired) electrons. The second-order valence-corrected chi connectivity index (χ2v) is 3.06. The molecule has 1 rings (SSSR count). The van der Waals surface area contributed by atoms with E-state index in [-0.39, 0.29) is 5.88 Å². The summed E-state index contributed by atoms with van der Waals surface area (Å²) < 4.78 is 0. The number of alkyl halides is 1. The van der Waals surface area contributed by atoms with Crippen molar-refractivity contribution >= 4 is 17.4 Å². The molecule has 0 heterocycles. The van der Waals surface area contributed by atoms with Gasteiger partial charge in [-0.15, -0.1) is 11.6 Å². The summed E-state index contributed by atoms with van der Waals surface area (Å²) in [6.07, 6.45) is 0. The lowest BCUT2D eigenvalue weighted by molar-refractivity contribution is 0.430. The first kappa shape index (κ1) is 10.8. The Morgan fingerprint density at radius 2 is 2.00 bits per heavy atom. The molecule has 0 saturated heterocycles. The Bertz CT molecular complexity index is 299. The van der Waals surface area contributed by atoms with E-state index in [1.54, 1.807) is 0 Å². The molecule has 0 spiro atoms. The van der Waals surface area contributed by atoms with Crippen molar-refractivity contribution < 1.29 is 0 Å². The Hall–Kier alpha value is -1.26. The van der Waals surface area contributed by atoms with Gasteiger partial charge < -0.3 is 5.84 Å². The average molecular weight is 213 g/mol. The third-order valence-electron chi connectivity index (χ3n) is 1.80. The average Bonchev–Trinajstić information content (AvgIpc) is 2.21. The Labute approximate surface area is 88.1 Å². The van der Waals surface area contributed by atoms with Crippen LogP contribution in [0.25, 0.3) is 0 Å². The van der Waals surface area contributed by atoms with Crippen molar-refractivity contribution in [3.63, 3.8) is 0 Å². The Morgan fingerprint density at radius 3 is 2.50 bits per heavy atom. The van der Waals surface area contributed by atoms with Gasteiger partial charge in [-0.1, -0.05) is 30.3 Å². The minimum atomic E-state index is 0.208. The highest BCUT2D eigenvalue weighted by atomic mass is 35.5. The summed E-state index contributed by atoms with van der Waals surface area (Å²) in [6, 6.07) is 9.79. The molecule has 0 amide bonds. The van der Waals surface area contributed by atoms with E-state index in [1.807, 2.05) is 30.3 Å². The quantitative estimate of drug-likeness (QED) is 0.257. The molecule has 0 aliphatic carbocycles. The van der Waals surface area contributed by atoms with Gasteiger partial charge in [0.1, 0.15) is 0 Å². The number of hydrogen-bond donors (Lipinski definition) is 2. The first-order valence-electron chi connectivity index (χ1n) is 4.16. The zero-order valence-electron chi connectivity index (χ0n) is 7.73. The van der Waals surface area contributed by atoms with E-state index in [1.165, 1.54) is 5.01 Å². The van der Waals surface area contributed by atoms with Crippen LogP contribution in [0, 0.1) is 0 Å². The fourth-order valence-corrected chi connectivity index (χ4v) is 1.28. The van der Waals surface area contributed by atoms with Crippen molar-refractivity contribution in [3.8, 4) is 0 Å². The Morgan fingerprint density at radius 1 is 1.36 bits per heavy atom. The molecule has 4 N–H and O–H groups in total. The predicted octanol–water partition coefficient (Wildman–Crippen LogP) is 0.873. The standard InChI is InChI=1S/C9H13ClN4/c10-6-9(13-11)14(12)7-8-4-2-1-3-5-8/h1-5H,6-7,11-12H2/b13-9-. The summed E-state index contributed by atoms with van der Waals surface area (Å²) in [5.41, 5.74) is 1.08. The van der Waals surface area contributed by atoms with E-state index in [2.05, 4.69) is 5.10 Å². The van der Waals surface area contributed by atoms with Crippen molar-refractivity contribution in [1.29, 1.82) is 0 Å². The van der Waals surface area contributed by atoms with Crippen LogP contribution in [0.3, 0.4) is 0 Å². The summed E-state index contributed by atoms with van der Waals surface area (Å²) in [5.74, 6) is 11.5. The van der Waals surface area contributed by atoms with Crippen molar-refractivity contribution in [3.05, 3.63) is 35.9 Å². The van der Waals surface area contributed by atoms with E-state index >= 15 is 0 Å². The SMILES string of the molecule is N/N=C(/CCl)N(N)Cc1ccccc1. The highest BCUT2D eigenvalue weighted by molar-refractivity contribution is 6.28. The molecule has 4 nitrogen and oxygen atoms in total. The molecule has 1 aromatic carbocycles. The number of amidine groups is 1. The monoisotopic (exact) mass is 212 g/mol. The largest absolute Gasteiger partial charge is 0.321 e. The Kier molecular flexibility index (Phi) is 4.22. The molecule has 76 valence electrons. The van der Waals surface area contributed by atoms with Crippen LogP contribution >= 0.6 is 11.6 Å². The topological polar surface area (TPSA) is 67.6 Å². The minimum absolute atomic E-state index is 0.208. The van der Waals surface area contributed by atoms with Crippen molar-refractivity contribution in [2.75, 3.05) is 5.88 Å². The van der Waals surface area contributed by atoms with Gasteiger partial charge in [-0.25, -0.2) is 5.84 Å². The molecule has 0 bridgehead atoms. The van der Waals surface area contributed by atoms with Crippen molar-refractivity contribution in [1.82, 2.24) is 5.01 Å². The molecule has 0 saturated carbocycles. The smallest absolute Gasteiger partial charge is 0.153 e. The number of halogens is 1. The van der Waals surface area contributed by atoms with Gasteiger partial charge in [0.05, 0.1) is 12.4 Å². The zero-order valence-corrected chi connectivity index (χ0v) is 8.48. The molecular formula is C9H13ClN4. The number of hydrazine groups is 1. The van der Waals surface area contributed by atoms with Crippen LogP contribution in [0.1, 0.15) is 5.56 Å². The van der Waals surface area contributed by atoms with E-state index in [4.69, 9.17) is 23.3 Å². The summed E-state index contributed by atoms with van der Waals surface area (Å²) in [6.45, 7) is 0.545. The fourth-order valence-electron chi connectivity index (χ4n) is 1.06. The molecule has 1 aromatic rings. The number of rotatable bonds is 3. The second-order valence-electron chi connectivity index (χ2n) is 2.79. The van der Waals surface area contributed by atoms with Gasteiger partial charge in [0.25, 0.3) is 0 Å². The highest BCUT2D eigenvalue weighted by Crippen LogP contribution is 2.02. The van der Waals surface area contributed by atoms with Crippen LogP contribution < -0.4 is 11.7 Å². The van der Waals surface area contributed by atoms with Gasteiger partial charge in [0.2, 0.25) is 0 Å². The van der Waals surface area contributed by atoms with Crippen LogP contribution in [0.5, 0.6) is 0 Å². The molecule has 0 aliphatic heterocycles. The molecule has 0 aliphatic rings. The molecular weight excluding hydrogens is 200 g/mol. The summed E-state index contributed by atoms with van der Waals surface area (Å²) >= 11 is 5.60. The van der Waals surface area contributed by atoms with Gasteiger partial charge in [-0.2, -0.15) is 5.10 Å². The fraction of sp³-hybridized carbons (Fsp3) is 0.222. The maximum Gasteiger partial charge on any atom is 0.153 e. The van der Waals surface area contributed by atoms with Gasteiger partial charge in [-0.3, -0.25) is 5.01 Å². The number of hydrogen-bond acceptors (Lipinski definition) is 3. The lowest BCUT2D eigenvalue weighted by atomic mass is 10.2. The summed E-state index contributed by atoms with van der Waals surface area (Å²) in [7, 11) is 0. The van der Waals surface area contributed by atoms with E-state index in [0.29, 0.717) is 12.4 Å². The lowest BCUT2D eigenvalue weighted by Crippen LogP contribution is -2.38. The number of nitrogens with two attached hydrogens (primary N) is 2. The van der Waals surface area contributed by atoms with Gasteiger partial charge in [-0.05, 0) is 5.56 Å². The normalized spacial score (nSPS) is 11.4. The highest BCUT2D eigenvalue weighted by Gasteiger charge is 2.05. The summed E-state index contributed by atoms with van der Waals surface area (Å²) in [5, 5.41) is 4.92. The van der Waals surface area contributed by atoms with Crippen LogP contribution in [-0.4, -0.2) is 16.7 Å². The molecule has 0 fully saturated rings. The van der Waals surface area contributed by atoms with Crippen LogP contribution in [0.4, 0.5) is 0 Å². The van der Waals surface area contributed by atoms with Crippen LogP contribution in [-0.2, 0) is 6.54 Å².